The Morgan fingerprint density at radius 3 is 1.67 bits per heavy atom. The molecule has 0 atom stereocenters. The van der Waals surface area contributed by atoms with Crippen LogP contribution in [0.4, 0.5) is 0 Å². The number of fused-ring (bicyclic) bond motifs is 1. The molecule has 0 aliphatic carbocycles. The minimum atomic E-state index is 0.717. The highest BCUT2D eigenvalue weighted by Gasteiger charge is 2.12. The van der Waals surface area contributed by atoms with E-state index in [4.69, 9.17) is 15.0 Å². The first-order valence-electron chi connectivity index (χ1n) is 12.9. The van der Waals surface area contributed by atoms with E-state index in [0.717, 1.165) is 61.1 Å². The molecule has 4 heteroatoms. The Labute approximate surface area is 231 Å². The monoisotopic (exact) mass is 517 g/mol. The highest BCUT2D eigenvalue weighted by Crippen LogP contribution is 2.34. The van der Waals surface area contributed by atoms with E-state index in [9.17, 15) is 0 Å². The number of hydrogen-bond acceptors (Lipinski definition) is 4. The third-order valence-electron chi connectivity index (χ3n) is 6.73. The van der Waals surface area contributed by atoms with Crippen LogP contribution in [-0.4, -0.2) is 15.0 Å². The van der Waals surface area contributed by atoms with E-state index in [1.165, 1.54) is 4.70 Å². The SMILES string of the molecule is c1ccc(-c2cc(-c3cccc(-c4ccc5sc(-c6ccccc6)nc5c4)c3)nc(-c3ccccc3)n2)cc1. The van der Waals surface area contributed by atoms with E-state index in [1.54, 1.807) is 11.3 Å². The molecule has 0 N–H and O–H groups in total. The lowest BCUT2D eigenvalue weighted by atomic mass is 10.0. The molecule has 2 heterocycles. The average Bonchev–Trinajstić information content (AvgIpc) is 3.46. The van der Waals surface area contributed by atoms with Crippen LogP contribution in [0.1, 0.15) is 0 Å². The molecule has 3 nitrogen and oxygen atoms in total. The summed E-state index contributed by atoms with van der Waals surface area (Å²) in [5.41, 5.74) is 9.34. The van der Waals surface area contributed by atoms with Gasteiger partial charge in [0, 0.05) is 22.3 Å². The van der Waals surface area contributed by atoms with Crippen molar-refractivity contribution in [1.29, 1.82) is 0 Å². The molecule has 0 amide bonds. The molecule has 0 unspecified atom stereocenters. The van der Waals surface area contributed by atoms with Crippen LogP contribution in [0.5, 0.6) is 0 Å². The zero-order valence-electron chi connectivity index (χ0n) is 21.0. The summed E-state index contributed by atoms with van der Waals surface area (Å²) in [5, 5.41) is 1.04. The number of hydrogen-bond donors (Lipinski definition) is 0. The van der Waals surface area contributed by atoms with Gasteiger partial charge in [0.2, 0.25) is 0 Å². The van der Waals surface area contributed by atoms with Crippen molar-refractivity contribution in [3.63, 3.8) is 0 Å². The topological polar surface area (TPSA) is 38.7 Å². The van der Waals surface area contributed by atoms with Crippen molar-refractivity contribution in [2.24, 2.45) is 0 Å². The standard InChI is InChI=1S/C35H23N3S/c1-4-11-24(12-5-1)30-23-31(37-34(36-30)25-13-6-2-7-14-25)29-18-10-17-27(21-29)28-19-20-33-32(22-28)38-35(39-33)26-15-8-3-9-16-26/h1-23H. The Balaban J connectivity index is 1.31. The maximum Gasteiger partial charge on any atom is 0.160 e. The quantitative estimate of drug-likeness (QED) is 0.228. The van der Waals surface area contributed by atoms with Gasteiger partial charge in [0.1, 0.15) is 5.01 Å². The van der Waals surface area contributed by atoms with Crippen molar-refractivity contribution in [3.05, 3.63) is 140 Å². The maximum atomic E-state index is 5.00. The summed E-state index contributed by atoms with van der Waals surface area (Å²) < 4.78 is 1.18. The molecule has 2 aromatic heterocycles. The molecule has 39 heavy (non-hydrogen) atoms. The Bertz CT molecular complexity index is 1840. The number of benzene rings is 5. The molecule has 7 aromatic rings. The molecule has 184 valence electrons. The summed E-state index contributed by atoms with van der Waals surface area (Å²) >= 11 is 1.73. The van der Waals surface area contributed by atoms with Crippen molar-refractivity contribution in [2.75, 3.05) is 0 Å². The largest absolute Gasteiger partial charge is 0.236 e. The minimum absolute atomic E-state index is 0.717. The van der Waals surface area contributed by atoms with Crippen LogP contribution >= 0.6 is 11.3 Å². The zero-order chi connectivity index (χ0) is 26.0. The highest BCUT2D eigenvalue weighted by atomic mass is 32.1. The smallest absolute Gasteiger partial charge is 0.160 e. The third kappa shape index (κ3) is 4.74. The predicted octanol–water partition coefficient (Wildman–Crippen LogP) is 9.42. The molecule has 5 aromatic carbocycles. The van der Waals surface area contributed by atoms with Gasteiger partial charge in [0.15, 0.2) is 5.82 Å². The van der Waals surface area contributed by atoms with Crippen molar-refractivity contribution in [3.8, 4) is 55.6 Å². The number of thiazole rings is 1. The molecule has 0 aliphatic heterocycles. The second kappa shape index (κ2) is 10.1. The van der Waals surface area contributed by atoms with Crippen molar-refractivity contribution < 1.29 is 0 Å². The molecular formula is C35H23N3S. The van der Waals surface area contributed by atoms with Crippen LogP contribution < -0.4 is 0 Å². The summed E-state index contributed by atoms with van der Waals surface area (Å²) in [6.07, 6.45) is 0. The lowest BCUT2D eigenvalue weighted by Gasteiger charge is -2.10. The van der Waals surface area contributed by atoms with Gasteiger partial charge in [-0.15, -0.1) is 11.3 Å². The van der Waals surface area contributed by atoms with Crippen molar-refractivity contribution in [1.82, 2.24) is 15.0 Å². The highest BCUT2D eigenvalue weighted by molar-refractivity contribution is 7.21. The summed E-state index contributed by atoms with van der Waals surface area (Å²) in [4.78, 5) is 14.9. The maximum absolute atomic E-state index is 5.00. The summed E-state index contributed by atoms with van der Waals surface area (Å²) in [7, 11) is 0. The van der Waals surface area contributed by atoms with E-state index in [-0.39, 0.29) is 0 Å². The van der Waals surface area contributed by atoms with Gasteiger partial charge >= 0.3 is 0 Å². The van der Waals surface area contributed by atoms with Gasteiger partial charge in [-0.25, -0.2) is 15.0 Å². The molecule has 0 aliphatic rings. The number of nitrogens with zero attached hydrogens (tertiary/aromatic N) is 3. The zero-order valence-corrected chi connectivity index (χ0v) is 21.8. The molecule has 0 bridgehead atoms. The van der Waals surface area contributed by atoms with Gasteiger partial charge in [-0.05, 0) is 35.4 Å². The van der Waals surface area contributed by atoms with Gasteiger partial charge in [0.05, 0.1) is 21.6 Å². The summed E-state index contributed by atoms with van der Waals surface area (Å²) in [6.45, 7) is 0. The first kappa shape index (κ1) is 23.2. The minimum Gasteiger partial charge on any atom is -0.236 e. The Morgan fingerprint density at radius 1 is 0.385 bits per heavy atom. The van der Waals surface area contributed by atoms with E-state index in [1.807, 2.05) is 42.5 Å². The Morgan fingerprint density at radius 2 is 0.949 bits per heavy atom. The fraction of sp³-hybridized carbons (Fsp3) is 0. The predicted molar refractivity (Wildman–Crippen MR) is 162 cm³/mol. The summed E-state index contributed by atoms with van der Waals surface area (Å²) in [5.74, 6) is 0.717. The van der Waals surface area contributed by atoms with Crippen LogP contribution in [0.3, 0.4) is 0 Å². The molecule has 0 saturated carbocycles. The molecule has 0 spiro atoms. The van der Waals surface area contributed by atoms with Gasteiger partial charge in [0.25, 0.3) is 0 Å². The van der Waals surface area contributed by atoms with Crippen LogP contribution in [0, 0.1) is 0 Å². The lowest BCUT2D eigenvalue weighted by Crippen LogP contribution is -1.96. The van der Waals surface area contributed by atoms with Crippen LogP contribution in [0.25, 0.3) is 65.8 Å². The van der Waals surface area contributed by atoms with Gasteiger partial charge < -0.3 is 0 Å². The van der Waals surface area contributed by atoms with Crippen molar-refractivity contribution in [2.45, 2.75) is 0 Å². The molecule has 7 rings (SSSR count). The Hall–Kier alpha value is -4.93. The molecule has 0 saturated heterocycles. The van der Waals surface area contributed by atoms with Crippen LogP contribution in [-0.2, 0) is 0 Å². The summed E-state index contributed by atoms with van der Waals surface area (Å²) in [6, 6.07) is 48.0. The molecular weight excluding hydrogens is 494 g/mol. The molecule has 0 fully saturated rings. The molecule has 0 radical (unpaired) electrons. The third-order valence-corrected chi connectivity index (χ3v) is 7.81. The lowest BCUT2D eigenvalue weighted by molar-refractivity contribution is 1.18. The second-order valence-electron chi connectivity index (χ2n) is 9.34. The van der Waals surface area contributed by atoms with E-state index < -0.39 is 0 Å². The van der Waals surface area contributed by atoms with Crippen LogP contribution in [0.15, 0.2) is 140 Å². The van der Waals surface area contributed by atoms with E-state index in [2.05, 4.69) is 97.1 Å². The van der Waals surface area contributed by atoms with E-state index in [0.29, 0.717) is 0 Å². The Kier molecular flexibility index (Phi) is 6.00. The number of rotatable bonds is 5. The first-order chi connectivity index (χ1) is 19.3. The second-order valence-corrected chi connectivity index (χ2v) is 10.4. The normalized spacial score (nSPS) is 11.1. The van der Waals surface area contributed by atoms with Gasteiger partial charge in [-0.1, -0.05) is 115 Å². The van der Waals surface area contributed by atoms with E-state index >= 15 is 0 Å². The fourth-order valence-corrected chi connectivity index (χ4v) is 5.69. The number of aromatic nitrogens is 3. The van der Waals surface area contributed by atoms with Crippen molar-refractivity contribution >= 4 is 21.6 Å². The van der Waals surface area contributed by atoms with Gasteiger partial charge in [-0.2, -0.15) is 0 Å². The van der Waals surface area contributed by atoms with Gasteiger partial charge in [-0.3, -0.25) is 0 Å². The van der Waals surface area contributed by atoms with Crippen LogP contribution in [0.2, 0.25) is 0 Å². The average molecular weight is 518 g/mol. The first-order valence-corrected chi connectivity index (χ1v) is 13.7. The fourth-order valence-electron chi connectivity index (χ4n) is 4.74.